The molecular weight excluding hydrogens is 174 g/mol. The summed E-state index contributed by atoms with van der Waals surface area (Å²) in [5, 5.41) is 0. The van der Waals surface area contributed by atoms with Gasteiger partial charge in [-0.25, -0.2) is 0 Å². The highest BCUT2D eigenvalue weighted by atomic mass is 16.5. The molecule has 2 nitrogen and oxygen atoms in total. The van der Waals surface area contributed by atoms with Crippen LogP contribution in [0.25, 0.3) is 0 Å². The summed E-state index contributed by atoms with van der Waals surface area (Å²) in [6, 6.07) is 0.408. The van der Waals surface area contributed by atoms with Crippen molar-refractivity contribution < 1.29 is 4.74 Å². The predicted octanol–water partition coefficient (Wildman–Crippen LogP) is 2.32. The van der Waals surface area contributed by atoms with E-state index in [9.17, 15) is 0 Å². The first-order valence-electron chi connectivity index (χ1n) is 6.19. The maximum absolute atomic E-state index is 6.08. The SMILES string of the molecule is NC1CCOCC1CCC1CCCC1. The Morgan fingerprint density at radius 1 is 1.07 bits per heavy atom. The number of ether oxygens (including phenoxy) is 1. The van der Waals surface area contributed by atoms with Crippen LogP contribution in [-0.2, 0) is 4.74 Å². The van der Waals surface area contributed by atoms with Crippen LogP contribution in [0.3, 0.4) is 0 Å². The Bertz CT molecular complexity index is 166. The van der Waals surface area contributed by atoms with E-state index in [0.29, 0.717) is 12.0 Å². The first-order valence-corrected chi connectivity index (χ1v) is 6.19. The summed E-state index contributed by atoms with van der Waals surface area (Å²) in [6.45, 7) is 1.79. The van der Waals surface area contributed by atoms with Crippen molar-refractivity contribution in [1.29, 1.82) is 0 Å². The molecule has 1 heterocycles. The lowest BCUT2D eigenvalue weighted by molar-refractivity contribution is 0.0364. The topological polar surface area (TPSA) is 35.2 Å². The molecule has 1 saturated carbocycles. The van der Waals surface area contributed by atoms with Crippen molar-refractivity contribution in [3.63, 3.8) is 0 Å². The van der Waals surface area contributed by atoms with Gasteiger partial charge in [0.15, 0.2) is 0 Å². The lowest BCUT2D eigenvalue weighted by Crippen LogP contribution is -2.38. The molecule has 0 aromatic heterocycles. The highest BCUT2D eigenvalue weighted by Gasteiger charge is 2.24. The molecule has 2 heteroatoms. The Morgan fingerprint density at radius 3 is 2.57 bits per heavy atom. The molecule has 0 aromatic rings. The van der Waals surface area contributed by atoms with Gasteiger partial charge in [0.25, 0.3) is 0 Å². The Balaban J connectivity index is 1.67. The zero-order chi connectivity index (χ0) is 9.80. The monoisotopic (exact) mass is 197 g/mol. The average molecular weight is 197 g/mol. The Hall–Kier alpha value is -0.0800. The second-order valence-corrected chi connectivity index (χ2v) is 5.02. The molecule has 82 valence electrons. The number of rotatable bonds is 3. The van der Waals surface area contributed by atoms with Crippen LogP contribution >= 0.6 is 0 Å². The molecule has 0 spiro atoms. The molecule has 1 aliphatic heterocycles. The lowest BCUT2D eigenvalue weighted by Gasteiger charge is -2.29. The normalized spacial score (nSPS) is 34.9. The van der Waals surface area contributed by atoms with Crippen molar-refractivity contribution in [3.8, 4) is 0 Å². The largest absolute Gasteiger partial charge is 0.381 e. The minimum absolute atomic E-state index is 0.408. The van der Waals surface area contributed by atoms with E-state index in [1.165, 1.54) is 38.5 Å². The summed E-state index contributed by atoms with van der Waals surface area (Å²) < 4.78 is 5.49. The van der Waals surface area contributed by atoms with Gasteiger partial charge < -0.3 is 10.5 Å². The number of nitrogens with two attached hydrogens (primary N) is 1. The highest BCUT2D eigenvalue weighted by molar-refractivity contribution is 4.78. The predicted molar refractivity (Wildman–Crippen MR) is 58.1 cm³/mol. The third kappa shape index (κ3) is 2.71. The molecular formula is C12H23NO. The maximum Gasteiger partial charge on any atom is 0.0509 e. The molecule has 0 bridgehead atoms. The van der Waals surface area contributed by atoms with Gasteiger partial charge in [-0.3, -0.25) is 0 Å². The molecule has 1 saturated heterocycles. The molecule has 0 amide bonds. The van der Waals surface area contributed by atoms with Gasteiger partial charge >= 0.3 is 0 Å². The van der Waals surface area contributed by atoms with Gasteiger partial charge in [-0.15, -0.1) is 0 Å². The second-order valence-electron chi connectivity index (χ2n) is 5.02. The molecule has 2 unspecified atom stereocenters. The fourth-order valence-electron chi connectivity index (χ4n) is 2.86. The quantitative estimate of drug-likeness (QED) is 0.753. The van der Waals surface area contributed by atoms with Crippen LogP contribution in [0.1, 0.15) is 44.9 Å². The van der Waals surface area contributed by atoms with Crippen molar-refractivity contribution in [2.24, 2.45) is 17.6 Å². The summed E-state index contributed by atoms with van der Waals surface area (Å²) in [5.74, 6) is 1.65. The van der Waals surface area contributed by atoms with Crippen molar-refractivity contribution in [3.05, 3.63) is 0 Å². The van der Waals surface area contributed by atoms with Crippen molar-refractivity contribution in [2.45, 2.75) is 51.0 Å². The van der Waals surface area contributed by atoms with Crippen LogP contribution in [0.5, 0.6) is 0 Å². The Morgan fingerprint density at radius 2 is 1.86 bits per heavy atom. The fourth-order valence-corrected chi connectivity index (χ4v) is 2.86. The van der Waals surface area contributed by atoms with Crippen LogP contribution in [0, 0.1) is 11.8 Å². The molecule has 2 fully saturated rings. The molecule has 1 aliphatic carbocycles. The summed E-state index contributed by atoms with van der Waals surface area (Å²) in [5.41, 5.74) is 6.08. The van der Waals surface area contributed by atoms with Crippen LogP contribution in [0.15, 0.2) is 0 Å². The van der Waals surface area contributed by atoms with E-state index in [-0.39, 0.29) is 0 Å². The van der Waals surface area contributed by atoms with E-state index in [2.05, 4.69) is 0 Å². The molecule has 2 N–H and O–H groups in total. The first-order chi connectivity index (χ1) is 6.86. The Kier molecular flexibility index (Phi) is 3.82. The minimum Gasteiger partial charge on any atom is -0.381 e. The van der Waals surface area contributed by atoms with E-state index in [0.717, 1.165) is 25.6 Å². The molecule has 14 heavy (non-hydrogen) atoms. The second kappa shape index (κ2) is 5.13. The van der Waals surface area contributed by atoms with Crippen LogP contribution in [0.2, 0.25) is 0 Å². The number of hydrogen-bond donors (Lipinski definition) is 1. The number of hydrogen-bond acceptors (Lipinski definition) is 2. The molecule has 2 rings (SSSR count). The minimum atomic E-state index is 0.408. The summed E-state index contributed by atoms with van der Waals surface area (Å²) in [7, 11) is 0. The van der Waals surface area contributed by atoms with Gasteiger partial charge in [-0.05, 0) is 24.7 Å². The van der Waals surface area contributed by atoms with E-state index in [1.54, 1.807) is 0 Å². The third-order valence-electron chi connectivity index (χ3n) is 3.95. The summed E-state index contributed by atoms with van der Waals surface area (Å²) in [6.07, 6.45) is 9.59. The zero-order valence-electron chi connectivity index (χ0n) is 9.08. The van der Waals surface area contributed by atoms with Crippen LogP contribution in [0.4, 0.5) is 0 Å². The zero-order valence-corrected chi connectivity index (χ0v) is 9.08. The maximum atomic E-state index is 6.08. The van der Waals surface area contributed by atoms with E-state index >= 15 is 0 Å². The third-order valence-corrected chi connectivity index (χ3v) is 3.95. The highest BCUT2D eigenvalue weighted by Crippen LogP contribution is 2.31. The van der Waals surface area contributed by atoms with Crippen LogP contribution in [-0.4, -0.2) is 19.3 Å². The van der Waals surface area contributed by atoms with Gasteiger partial charge in [0.05, 0.1) is 6.61 Å². The van der Waals surface area contributed by atoms with Crippen LogP contribution < -0.4 is 5.73 Å². The van der Waals surface area contributed by atoms with Gasteiger partial charge in [0.2, 0.25) is 0 Å². The van der Waals surface area contributed by atoms with Gasteiger partial charge in [-0.2, -0.15) is 0 Å². The Labute approximate surface area is 87.2 Å². The lowest BCUT2D eigenvalue weighted by atomic mass is 9.88. The van der Waals surface area contributed by atoms with E-state index in [1.807, 2.05) is 0 Å². The van der Waals surface area contributed by atoms with Crippen molar-refractivity contribution >= 4 is 0 Å². The van der Waals surface area contributed by atoms with Gasteiger partial charge in [0.1, 0.15) is 0 Å². The van der Waals surface area contributed by atoms with E-state index in [4.69, 9.17) is 10.5 Å². The summed E-state index contributed by atoms with van der Waals surface area (Å²) in [4.78, 5) is 0. The fraction of sp³-hybridized carbons (Fsp3) is 1.00. The average Bonchev–Trinajstić information content (AvgIpc) is 2.69. The molecule has 2 aliphatic rings. The summed E-state index contributed by atoms with van der Waals surface area (Å²) >= 11 is 0. The van der Waals surface area contributed by atoms with E-state index < -0.39 is 0 Å². The molecule has 0 aromatic carbocycles. The van der Waals surface area contributed by atoms with Crippen molar-refractivity contribution in [2.75, 3.05) is 13.2 Å². The standard InChI is InChI=1S/C12H23NO/c13-12-7-8-14-9-11(12)6-5-10-3-1-2-4-10/h10-12H,1-9,13H2. The smallest absolute Gasteiger partial charge is 0.0509 e. The van der Waals surface area contributed by atoms with Gasteiger partial charge in [0, 0.05) is 12.6 Å². The molecule has 0 radical (unpaired) electrons. The van der Waals surface area contributed by atoms with Gasteiger partial charge in [-0.1, -0.05) is 32.1 Å². The van der Waals surface area contributed by atoms with Crippen molar-refractivity contribution in [1.82, 2.24) is 0 Å². The molecule has 2 atom stereocenters. The first kappa shape index (κ1) is 10.4.